The van der Waals surface area contributed by atoms with Crippen LogP contribution in [0.3, 0.4) is 0 Å². The van der Waals surface area contributed by atoms with Crippen molar-refractivity contribution in [2.24, 2.45) is 11.7 Å². The Morgan fingerprint density at radius 2 is 2.25 bits per heavy atom. The highest BCUT2D eigenvalue weighted by Gasteiger charge is 2.26. The molecule has 0 spiro atoms. The molecule has 5 heteroatoms. The van der Waals surface area contributed by atoms with Crippen molar-refractivity contribution in [3.05, 3.63) is 33.8 Å². The highest BCUT2D eigenvalue weighted by molar-refractivity contribution is 6.35. The van der Waals surface area contributed by atoms with E-state index in [9.17, 15) is 4.79 Å². The van der Waals surface area contributed by atoms with Gasteiger partial charge in [0.2, 0.25) is 5.91 Å². The summed E-state index contributed by atoms with van der Waals surface area (Å²) >= 11 is 12.0. The molecule has 2 rings (SSSR count). The molecule has 3 nitrogen and oxygen atoms in total. The third kappa shape index (κ3) is 3.87. The van der Waals surface area contributed by atoms with E-state index in [1.807, 2.05) is 17.9 Å². The minimum absolute atomic E-state index is 0.111. The first kappa shape index (κ1) is 15.6. The van der Waals surface area contributed by atoms with Gasteiger partial charge in [-0.3, -0.25) is 4.79 Å². The zero-order valence-electron chi connectivity index (χ0n) is 11.6. The summed E-state index contributed by atoms with van der Waals surface area (Å²) in [5.41, 5.74) is 6.77. The number of benzene rings is 1. The first-order valence-corrected chi connectivity index (χ1v) is 7.70. The van der Waals surface area contributed by atoms with Crippen molar-refractivity contribution < 1.29 is 4.79 Å². The van der Waals surface area contributed by atoms with Crippen LogP contribution in [0, 0.1) is 5.92 Å². The normalized spacial score (nSPS) is 20.8. The summed E-state index contributed by atoms with van der Waals surface area (Å²) in [6.45, 7) is 3.57. The number of piperidine rings is 1. The van der Waals surface area contributed by atoms with Crippen LogP contribution in [0.4, 0.5) is 0 Å². The van der Waals surface area contributed by atoms with E-state index >= 15 is 0 Å². The fourth-order valence-electron chi connectivity index (χ4n) is 2.61. The summed E-state index contributed by atoms with van der Waals surface area (Å²) in [6.07, 6.45) is 2.44. The van der Waals surface area contributed by atoms with E-state index in [1.54, 1.807) is 12.1 Å². The lowest BCUT2D eigenvalue weighted by Gasteiger charge is -2.34. The van der Waals surface area contributed by atoms with E-state index in [1.165, 1.54) is 0 Å². The fourth-order valence-corrected chi connectivity index (χ4v) is 3.08. The molecule has 1 amide bonds. The van der Waals surface area contributed by atoms with Gasteiger partial charge in [0.1, 0.15) is 0 Å². The number of halogens is 2. The van der Waals surface area contributed by atoms with E-state index in [-0.39, 0.29) is 11.9 Å². The van der Waals surface area contributed by atoms with Crippen LogP contribution in [0.15, 0.2) is 18.2 Å². The lowest BCUT2D eigenvalue weighted by molar-refractivity contribution is -0.132. The summed E-state index contributed by atoms with van der Waals surface area (Å²) in [5.74, 6) is 0.507. The summed E-state index contributed by atoms with van der Waals surface area (Å²) in [5, 5.41) is 1.13. The van der Waals surface area contributed by atoms with Crippen molar-refractivity contribution >= 4 is 29.1 Å². The van der Waals surface area contributed by atoms with E-state index in [2.05, 4.69) is 0 Å². The van der Waals surface area contributed by atoms with Crippen LogP contribution in [-0.2, 0) is 11.2 Å². The molecular weight excluding hydrogens is 295 g/mol. The molecular formula is C15H20Cl2N2O. The standard InChI is InChI=1S/C15H20Cl2N2O/c1-10(18)12-3-2-6-19(9-12)15(20)7-11-4-5-13(16)8-14(11)17/h4-5,8,10,12H,2-3,6-7,9,18H2,1H3. The second-order valence-corrected chi connectivity index (χ2v) is 6.36. The maximum absolute atomic E-state index is 12.4. The Morgan fingerprint density at radius 3 is 2.90 bits per heavy atom. The number of rotatable bonds is 3. The Bertz CT molecular complexity index is 491. The summed E-state index contributed by atoms with van der Waals surface area (Å²) in [4.78, 5) is 14.3. The molecule has 1 aromatic carbocycles. The topological polar surface area (TPSA) is 46.3 Å². The Hall–Kier alpha value is -0.770. The number of likely N-dealkylation sites (tertiary alicyclic amines) is 1. The third-order valence-corrected chi connectivity index (χ3v) is 4.50. The molecule has 20 heavy (non-hydrogen) atoms. The molecule has 1 fully saturated rings. The molecule has 1 heterocycles. The smallest absolute Gasteiger partial charge is 0.227 e. The lowest BCUT2D eigenvalue weighted by Crippen LogP contribution is -2.45. The van der Waals surface area contributed by atoms with Crippen LogP contribution < -0.4 is 5.73 Å². The van der Waals surface area contributed by atoms with E-state index in [4.69, 9.17) is 28.9 Å². The number of carbonyl (C=O) groups is 1. The highest BCUT2D eigenvalue weighted by atomic mass is 35.5. The second-order valence-electron chi connectivity index (χ2n) is 5.51. The molecule has 0 saturated carbocycles. The maximum atomic E-state index is 12.4. The van der Waals surface area contributed by atoms with Gasteiger partial charge in [0, 0.05) is 29.2 Å². The number of carbonyl (C=O) groups excluding carboxylic acids is 1. The second kappa shape index (κ2) is 6.79. The van der Waals surface area contributed by atoms with Gasteiger partial charge in [-0.1, -0.05) is 29.3 Å². The lowest BCUT2D eigenvalue weighted by atomic mass is 9.92. The van der Waals surface area contributed by atoms with Crippen LogP contribution in [0.5, 0.6) is 0 Å². The van der Waals surface area contributed by atoms with Gasteiger partial charge in [0.15, 0.2) is 0 Å². The SMILES string of the molecule is CC(N)C1CCCN(C(=O)Cc2ccc(Cl)cc2Cl)C1. The van der Waals surface area contributed by atoms with Crippen molar-refractivity contribution in [2.45, 2.75) is 32.2 Å². The minimum Gasteiger partial charge on any atom is -0.342 e. The predicted octanol–water partition coefficient (Wildman–Crippen LogP) is 3.12. The minimum atomic E-state index is 0.111. The van der Waals surface area contributed by atoms with Gasteiger partial charge in [-0.25, -0.2) is 0 Å². The van der Waals surface area contributed by atoms with Crippen LogP contribution in [-0.4, -0.2) is 29.9 Å². The Labute approximate surface area is 130 Å². The summed E-state index contributed by atoms with van der Waals surface area (Å²) in [7, 11) is 0. The third-order valence-electron chi connectivity index (χ3n) is 3.91. The predicted molar refractivity (Wildman–Crippen MR) is 83.1 cm³/mol. The van der Waals surface area contributed by atoms with Crippen molar-refractivity contribution in [3.8, 4) is 0 Å². The molecule has 1 aliphatic heterocycles. The number of nitrogens with zero attached hydrogens (tertiary/aromatic N) is 1. The highest BCUT2D eigenvalue weighted by Crippen LogP contribution is 2.23. The van der Waals surface area contributed by atoms with Gasteiger partial charge < -0.3 is 10.6 Å². The molecule has 110 valence electrons. The van der Waals surface area contributed by atoms with Gasteiger partial charge in [-0.15, -0.1) is 0 Å². The summed E-state index contributed by atoms with van der Waals surface area (Å²) < 4.78 is 0. The van der Waals surface area contributed by atoms with Gasteiger partial charge in [0.05, 0.1) is 6.42 Å². The van der Waals surface area contributed by atoms with E-state index in [0.29, 0.717) is 22.4 Å². The molecule has 0 bridgehead atoms. The quantitative estimate of drug-likeness (QED) is 0.931. The Morgan fingerprint density at radius 1 is 1.50 bits per heavy atom. The van der Waals surface area contributed by atoms with Gasteiger partial charge >= 0.3 is 0 Å². The summed E-state index contributed by atoms with van der Waals surface area (Å²) in [6, 6.07) is 5.38. The Balaban J connectivity index is 2.00. The van der Waals surface area contributed by atoms with E-state index in [0.717, 1.165) is 31.5 Å². The van der Waals surface area contributed by atoms with Crippen molar-refractivity contribution in [2.75, 3.05) is 13.1 Å². The van der Waals surface area contributed by atoms with Crippen LogP contribution in [0.25, 0.3) is 0 Å². The fraction of sp³-hybridized carbons (Fsp3) is 0.533. The van der Waals surface area contributed by atoms with Crippen molar-refractivity contribution in [1.29, 1.82) is 0 Å². The van der Waals surface area contributed by atoms with Gasteiger partial charge in [-0.2, -0.15) is 0 Å². The maximum Gasteiger partial charge on any atom is 0.227 e. The van der Waals surface area contributed by atoms with Crippen LogP contribution >= 0.6 is 23.2 Å². The van der Waals surface area contributed by atoms with Gasteiger partial charge in [0.25, 0.3) is 0 Å². The first-order valence-electron chi connectivity index (χ1n) is 6.94. The zero-order chi connectivity index (χ0) is 14.7. The van der Waals surface area contributed by atoms with E-state index < -0.39 is 0 Å². The van der Waals surface area contributed by atoms with Crippen LogP contribution in [0.1, 0.15) is 25.3 Å². The number of hydrogen-bond acceptors (Lipinski definition) is 2. The van der Waals surface area contributed by atoms with Crippen LogP contribution in [0.2, 0.25) is 10.0 Å². The number of hydrogen-bond donors (Lipinski definition) is 1. The molecule has 0 radical (unpaired) electrons. The molecule has 0 aliphatic carbocycles. The zero-order valence-corrected chi connectivity index (χ0v) is 13.1. The molecule has 2 atom stereocenters. The monoisotopic (exact) mass is 314 g/mol. The van der Waals surface area contributed by atoms with Crippen molar-refractivity contribution in [1.82, 2.24) is 4.90 Å². The average molecular weight is 315 g/mol. The first-order chi connectivity index (χ1) is 9.47. The van der Waals surface area contributed by atoms with Crippen molar-refractivity contribution in [3.63, 3.8) is 0 Å². The molecule has 1 aromatic rings. The number of nitrogens with two attached hydrogens (primary N) is 1. The van der Waals surface area contributed by atoms with Gasteiger partial charge in [-0.05, 0) is 43.4 Å². The Kier molecular flexibility index (Phi) is 5.30. The average Bonchev–Trinajstić information content (AvgIpc) is 2.42. The largest absolute Gasteiger partial charge is 0.342 e. The molecule has 1 aliphatic rings. The molecule has 2 unspecified atom stereocenters. The molecule has 2 N–H and O–H groups in total. The molecule has 1 saturated heterocycles. The number of amides is 1. The molecule has 0 aromatic heterocycles.